The lowest BCUT2D eigenvalue weighted by Crippen LogP contribution is -2.29. The van der Waals surface area contributed by atoms with E-state index < -0.39 is 0 Å². The summed E-state index contributed by atoms with van der Waals surface area (Å²) in [5.74, 6) is -0.447. The zero-order valence-electron chi connectivity index (χ0n) is 27.7. The molecule has 40 heavy (non-hydrogen) atoms. The van der Waals surface area contributed by atoms with E-state index in [1.165, 1.54) is 167 Å². The Labute approximate surface area is 252 Å². The molecule has 0 saturated heterocycles. The Bertz CT molecular complexity index is 518. The van der Waals surface area contributed by atoms with E-state index in [0.717, 1.165) is 25.9 Å². The number of hydrogen-bond donors (Lipinski definition) is 0. The van der Waals surface area contributed by atoms with Gasteiger partial charge in [0.05, 0.1) is 18.3 Å². The van der Waals surface area contributed by atoms with Crippen LogP contribution in [-0.4, -0.2) is 18.7 Å². The van der Waals surface area contributed by atoms with Gasteiger partial charge in [0.25, 0.3) is 0 Å². The van der Waals surface area contributed by atoms with Crippen molar-refractivity contribution in [2.24, 2.45) is 5.92 Å². The van der Waals surface area contributed by atoms with E-state index in [0.29, 0.717) is 0 Å². The van der Waals surface area contributed by atoms with Crippen molar-refractivity contribution in [3.63, 3.8) is 0 Å². The SMILES string of the molecule is C=COC(=O)C(C)C(CCCCCCCCCCCCCCC)OCCCCCCCCCCCCCCCC. The zero-order valence-corrected chi connectivity index (χ0v) is 27.7. The summed E-state index contributed by atoms with van der Waals surface area (Å²) in [7, 11) is 0. The van der Waals surface area contributed by atoms with Crippen LogP contribution in [0.3, 0.4) is 0 Å². The Morgan fingerprint density at radius 2 is 0.875 bits per heavy atom. The highest BCUT2D eigenvalue weighted by Crippen LogP contribution is 2.20. The standard InChI is InChI=1S/C37H72O3/c1-5-8-10-12-14-16-18-20-22-24-26-28-30-32-34-40-36(35(4)37(38)39-7-3)33-31-29-27-25-23-21-19-17-15-13-11-9-6-2/h7,35-36H,3,5-6,8-34H2,1-2,4H3. The molecule has 0 aromatic rings. The molecule has 2 unspecified atom stereocenters. The van der Waals surface area contributed by atoms with Gasteiger partial charge in [-0.15, -0.1) is 0 Å². The second kappa shape index (κ2) is 32.7. The van der Waals surface area contributed by atoms with Crippen molar-refractivity contribution in [1.82, 2.24) is 0 Å². The normalized spacial score (nSPS) is 12.9. The Kier molecular flexibility index (Phi) is 32.0. The number of ether oxygens (including phenoxy) is 2. The van der Waals surface area contributed by atoms with E-state index in [-0.39, 0.29) is 18.0 Å². The van der Waals surface area contributed by atoms with Gasteiger partial charge in [0, 0.05) is 6.61 Å². The molecular weight excluding hydrogens is 492 g/mol. The third-order valence-electron chi connectivity index (χ3n) is 8.55. The van der Waals surface area contributed by atoms with Crippen LogP contribution in [0.25, 0.3) is 0 Å². The van der Waals surface area contributed by atoms with Crippen LogP contribution >= 0.6 is 0 Å². The minimum Gasteiger partial charge on any atom is -0.435 e. The molecule has 0 amide bonds. The lowest BCUT2D eigenvalue weighted by molar-refractivity contribution is -0.147. The van der Waals surface area contributed by atoms with Crippen LogP contribution in [0.1, 0.15) is 201 Å². The van der Waals surface area contributed by atoms with Gasteiger partial charge in [-0.25, -0.2) is 0 Å². The molecule has 0 saturated carbocycles. The third kappa shape index (κ3) is 27.3. The number of esters is 1. The largest absolute Gasteiger partial charge is 0.435 e. The van der Waals surface area contributed by atoms with Crippen LogP contribution in [0.2, 0.25) is 0 Å². The van der Waals surface area contributed by atoms with Crippen molar-refractivity contribution in [2.45, 2.75) is 207 Å². The average Bonchev–Trinajstić information content (AvgIpc) is 2.96. The summed E-state index contributed by atoms with van der Waals surface area (Å²) in [6.07, 6.45) is 38.8. The molecular formula is C37H72O3. The molecule has 2 atom stereocenters. The summed E-state index contributed by atoms with van der Waals surface area (Å²) in [5.41, 5.74) is 0. The smallest absolute Gasteiger partial charge is 0.316 e. The maximum Gasteiger partial charge on any atom is 0.316 e. The molecule has 238 valence electrons. The summed E-state index contributed by atoms with van der Waals surface area (Å²) in [5, 5.41) is 0. The van der Waals surface area contributed by atoms with Gasteiger partial charge in [0.2, 0.25) is 0 Å². The Hall–Kier alpha value is -0.830. The van der Waals surface area contributed by atoms with E-state index >= 15 is 0 Å². The summed E-state index contributed by atoms with van der Waals surface area (Å²) >= 11 is 0. The number of hydrogen-bond acceptors (Lipinski definition) is 3. The first kappa shape index (κ1) is 39.2. The van der Waals surface area contributed by atoms with E-state index in [1.54, 1.807) is 0 Å². The minimum atomic E-state index is -0.234. The van der Waals surface area contributed by atoms with Gasteiger partial charge in [-0.2, -0.15) is 0 Å². The summed E-state index contributed by atoms with van der Waals surface area (Å²) < 4.78 is 11.3. The molecule has 3 heteroatoms. The summed E-state index contributed by atoms with van der Waals surface area (Å²) in [6, 6.07) is 0. The van der Waals surface area contributed by atoms with Gasteiger partial charge < -0.3 is 9.47 Å². The van der Waals surface area contributed by atoms with Crippen molar-refractivity contribution in [1.29, 1.82) is 0 Å². The fraction of sp³-hybridized carbons (Fsp3) is 0.919. The van der Waals surface area contributed by atoms with E-state index in [1.807, 2.05) is 6.92 Å². The molecule has 0 fully saturated rings. The monoisotopic (exact) mass is 565 g/mol. The highest BCUT2D eigenvalue weighted by Gasteiger charge is 2.25. The molecule has 0 aliphatic rings. The van der Waals surface area contributed by atoms with Crippen molar-refractivity contribution < 1.29 is 14.3 Å². The molecule has 0 heterocycles. The van der Waals surface area contributed by atoms with E-state index in [4.69, 9.17) is 9.47 Å². The van der Waals surface area contributed by atoms with E-state index in [9.17, 15) is 4.79 Å². The summed E-state index contributed by atoms with van der Waals surface area (Å²) in [4.78, 5) is 12.3. The fourth-order valence-electron chi connectivity index (χ4n) is 5.71. The first-order chi connectivity index (χ1) is 19.7. The van der Waals surface area contributed by atoms with Gasteiger partial charge in [-0.3, -0.25) is 4.79 Å². The van der Waals surface area contributed by atoms with Crippen LogP contribution in [0.15, 0.2) is 12.8 Å². The minimum absolute atomic E-state index is 0.0397. The van der Waals surface area contributed by atoms with E-state index in [2.05, 4.69) is 20.4 Å². The van der Waals surface area contributed by atoms with Crippen molar-refractivity contribution in [2.75, 3.05) is 6.61 Å². The molecule has 0 aliphatic carbocycles. The number of carbonyl (C=O) groups is 1. The Morgan fingerprint density at radius 3 is 1.23 bits per heavy atom. The maximum atomic E-state index is 12.3. The predicted molar refractivity (Wildman–Crippen MR) is 176 cm³/mol. The lowest BCUT2D eigenvalue weighted by Gasteiger charge is -2.23. The molecule has 0 spiro atoms. The second-order valence-electron chi connectivity index (χ2n) is 12.4. The topological polar surface area (TPSA) is 35.5 Å². The highest BCUT2D eigenvalue weighted by molar-refractivity contribution is 5.73. The molecule has 0 radical (unpaired) electrons. The van der Waals surface area contributed by atoms with Crippen LogP contribution in [0.5, 0.6) is 0 Å². The first-order valence-electron chi connectivity index (χ1n) is 18.1. The van der Waals surface area contributed by atoms with Crippen molar-refractivity contribution in [3.05, 3.63) is 12.8 Å². The molecule has 0 rings (SSSR count). The zero-order chi connectivity index (χ0) is 29.4. The third-order valence-corrected chi connectivity index (χ3v) is 8.55. The van der Waals surface area contributed by atoms with Crippen molar-refractivity contribution in [3.8, 4) is 0 Å². The van der Waals surface area contributed by atoms with Crippen LogP contribution in [0, 0.1) is 5.92 Å². The second-order valence-corrected chi connectivity index (χ2v) is 12.4. The highest BCUT2D eigenvalue weighted by atomic mass is 16.5. The number of carbonyl (C=O) groups excluding carboxylic acids is 1. The molecule has 3 nitrogen and oxygen atoms in total. The molecule has 0 aliphatic heterocycles. The number of unbranched alkanes of at least 4 members (excludes halogenated alkanes) is 25. The van der Waals surface area contributed by atoms with Gasteiger partial charge >= 0.3 is 5.97 Å². The molecule has 0 aromatic carbocycles. The average molecular weight is 565 g/mol. The quantitative estimate of drug-likeness (QED) is 0.0451. The van der Waals surface area contributed by atoms with Crippen molar-refractivity contribution >= 4 is 5.97 Å². The van der Waals surface area contributed by atoms with Crippen LogP contribution < -0.4 is 0 Å². The Morgan fingerprint density at radius 1 is 0.550 bits per heavy atom. The Balaban J connectivity index is 3.83. The number of rotatable bonds is 33. The molecule has 0 aromatic heterocycles. The maximum absolute atomic E-state index is 12.3. The van der Waals surface area contributed by atoms with Gasteiger partial charge in [0.1, 0.15) is 0 Å². The van der Waals surface area contributed by atoms with Gasteiger partial charge in [-0.05, 0) is 19.8 Å². The summed E-state index contributed by atoms with van der Waals surface area (Å²) in [6.45, 7) is 10.8. The van der Waals surface area contributed by atoms with Crippen LogP contribution in [-0.2, 0) is 14.3 Å². The van der Waals surface area contributed by atoms with Gasteiger partial charge in [0.15, 0.2) is 0 Å². The van der Waals surface area contributed by atoms with Gasteiger partial charge in [-0.1, -0.05) is 187 Å². The first-order valence-corrected chi connectivity index (χ1v) is 18.1. The molecule has 0 bridgehead atoms. The van der Waals surface area contributed by atoms with Crippen LogP contribution in [0.4, 0.5) is 0 Å². The fourth-order valence-corrected chi connectivity index (χ4v) is 5.71. The lowest BCUT2D eigenvalue weighted by atomic mass is 9.98. The molecule has 0 N–H and O–H groups in total. The predicted octanol–water partition coefficient (Wildman–Crippen LogP) is 12.7.